The summed E-state index contributed by atoms with van der Waals surface area (Å²) in [5, 5.41) is 0. The summed E-state index contributed by atoms with van der Waals surface area (Å²) in [6.45, 7) is 2.84. The average molecular weight is 261 g/mol. The highest BCUT2D eigenvalue weighted by molar-refractivity contribution is 4.98. The lowest BCUT2D eigenvalue weighted by atomic mass is 9.61. The van der Waals surface area contributed by atoms with Gasteiger partial charge in [0.2, 0.25) is 0 Å². The summed E-state index contributed by atoms with van der Waals surface area (Å²) < 4.78 is 0. The first-order valence-corrected chi connectivity index (χ1v) is 9.16. The van der Waals surface area contributed by atoms with Crippen molar-refractivity contribution in [2.75, 3.05) is 13.1 Å². The van der Waals surface area contributed by atoms with E-state index >= 15 is 0 Å². The molecule has 2 atom stereocenters. The normalized spacial score (nSPS) is 44.8. The van der Waals surface area contributed by atoms with Crippen LogP contribution in [0.15, 0.2) is 0 Å². The summed E-state index contributed by atoms with van der Waals surface area (Å²) in [6, 6.07) is 1.02. The minimum Gasteiger partial charge on any atom is -0.300 e. The summed E-state index contributed by atoms with van der Waals surface area (Å²) in [5.41, 5.74) is 0. The second kappa shape index (κ2) is 5.39. The van der Waals surface area contributed by atoms with E-state index in [4.69, 9.17) is 0 Å². The fourth-order valence-corrected chi connectivity index (χ4v) is 6.22. The largest absolute Gasteiger partial charge is 0.300 e. The van der Waals surface area contributed by atoms with Crippen LogP contribution in [-0.2, 0) is 0 Å². The van der Waals surface area contributed by atoms with E-state index in [1.54, 1.807) is 38.5 Å². The topological polar surface area (TPSA) is 3.24 Å². The van der Waals surface area contributed by atoms with Crippen molar-refractivity contribution in [1.82, 2.24) is 4.90 Å². The maximum absolute atomic E-state index is 2.89. The highest BCUT2D eigenvalue weighted by atomic mass is 15.2. The number of nitrogens with zero attached hydrogens (tertiary/aromatic N) is 1. The van der Waals surface area contributed by atoms with Crippen molar-refractivity contribution in [1.29, 1.82) is 0 Å². The molecule has 0 spiro atoms. The molecule has 0 aromatic heterocycles. The maximum Gasteiger partial charge on any atom is 0.0152 e. The molecule has 0 N–H and O–H groups in total. The van der Waals surface area contributed by atoms with Crippen molar-refractivity contribution < 1.29 is 0 Å². The van der Waals surface area contributed by atoms with Gasteiger partial charge in [-0.2, -0.15) is 0 Å². The SMILES string of the molecule is C1CCC(C2CC3CCCN4CCCC(C2)C34)CC1. The van der Waals surface area contributed by atoms with Crippen molar-refractivity contribution in [3.63, 3.8) is 0 Å². The molecule has 1 nitrogen and oxygen atoms in total. The molecular weight excluding hydrogens is 230 g/mol. The lowest BCUT2D eigenvalue weighted by Gasteiger charge is -2.54. The molecule has 108 valence electrons. The number of hydrogen-bond donors (Lipinski definition) is 0. The smallest absolute Gasteiger partial charge is 0.0152 e. The molecule has 2 saturated carbocycles. The Morgan fingerprint density at radius 2 is 1.11 bits per heavy atom. The fourth-order valence-electron chi connectivity index (χ4n) is 6.22. The van der Waals surface area contributed by atoms with Gasteiger partial charge in [0.1, 0.15) is 0 Å². The van der Waals surface area contributed by atoms with Crippen LogP contribution in [0.25, 0.3) is 0 Å². The van der Waals surface area contributed by atoms with Gasteiger partial charge in [-0.1, -0.05) is 32.1 Å². The zero-order chi connectivity index (χ0) is 12.7. The molecule has 2 unspecified atom stereocenters. The second-order valence-electron chi connectivity index (χ2n) is 7.96. The predicted molar refractivity (Wildman–Crippen MR) is 80.1 cm³/mol. The molecule has 0 aromatic rings. The molecule has 4 rings (SSSR count). The Morgan fingerprint density at radius 3 is 1.74 bits per heavy atom. The van der Waals surface area contributed by atoms with E-state index in [1.165, 1.54) is 45.2 Å². The number of piperidine rings is 2. The van der Waals surface area contributed by atoms with E-state index in [0.29, 0.717) is 0 Å². The van der Waals surface area contributed by atoms with E-state index in [1.807, 2.05) is 0 Å². The first kappa shape index (κ1) is 12.7. The molecule has 4 fully saturated rings. The maximum atomic E-state index is 2.89. The van der Waals surface area contributed by atoms with Crippen LogP contribution in [0.4, 0.5) is 0 Å². The zero-order valence-electron chi connectivity index (χ0n) is 12.5. The summed E-state index contributed by atoms with van der Waals surface area (Å²) >= 11 is 0. The average Bonchev–Trinajstić information content (AvgIpc) is 2.49. The van der Waals surface area contributed by atoms with Gasteiger partial charge in [-0.25, -0.2) is 0 Å². The van der Waals surface area contributed by atoms with E-state index < -0.39 is 0 Å². The van der Waals surface area contributed by atoms with Gasteiger partial charge >= 0.3 is 0 Å². The predicted octanol–water partition coefficient (Wildman–Crippen LogP) is 4.47. The molecule has 0 radical (unpaired) electrons. The van der Waals surface area contributed by atoms with E-state index in [2.05, 4.69) is 4.90 Å². The summed E-state index contributed by atoms with van der Waals surface area (Å²) in [4.78, 5) is 2.89. The summed E-state index contributed by atoms with van der Waals surface area (Å²) in [7, 11) is 0. The molecule has 2 saturated heterocycles. The standard InChI is InChI=1S/C18H31N/c1-2-6-14(7-3-1)17-12-15-8-4-10-19-11-5-9-16(13-17)18(15)19/h14-18H,1-13H2. The zero-order valence-corrected chi connectivity index (χ0v) is 12.5. The van der Waals surface area contributed by atoms with Crippen LogP contribution in [0.5, 0.6) is 0 Å². The number of hydrogen-bond acceptors (Lipinski definition) is 1. The van der Waals surface area contributed by atoms with Crippen LogP contribution >= 0.6 is 0 Å². The minimum absolute atomic E-state index is 1.02. The fraction of sp³-hybridized carbons (Fsp3) is 1.00. The minimum atomic E-state index is 1.02. The molecule has 2 aliphatic carbocycles. The Labute approximate surface area is 119 Å². The molecule has 19 heavy (non-hydrogen) atoms. The lowest BCUT2D eigenvalue weighted by Crippen LogP contribution is -2.56. The Bertz CT molecular complexity index is 287. The summed E-state index contributed by atoms with van der Waals surface area (Å²) in [5.74, 6) is 4.40. The van der Waals surface area contributed by atoms with E-state index in [0.717, 1.165) is 29.7 Å². The molecule has 4 aliphatic rings. The van der Waals surface area contributed by atoms with Gasteiger partial charge in [0.05, 0.1) is 0 Å². The van der Waals surface area contributed by atoms with Gasteiger partial charge < -0.3 is 0 Å². The van der Waals surface area contributed by atoms with Crippen LogP contribution in [0, 0.1) is 23.7 Å². The second-order valence-corrected chi connectivity index (χ2v) is 7.96. The quantitative estimate of drug-likeness (QED) is 0.673. The van der Waals surface area contributed by atoms with Crippen molar-refractivity contribution in [2.45, 2.75) is 76.7 Å². The van der Waals surface area contributed by atoms with Crippen molar-refractivity contribution in [3.05, 3.63) is 0 Å². The lowest BCUT2D eigenvalue weighted by molar-refractivity contribution is -0.0421. The first-order chi connectivity index (χ1) is 9.42. The van der Waals surface area contributed by atoms with Gasteiger partial charge in [-0.05, 0) is 75.3 Å². The van der Waals surface area contributed by atoms with E-state index in [-0.39, 0.29) is 0 Å². The van der Waals surface area contributed by atoms with Crippen LogP contribution in [0.3, 0.4) is 0 Å². The third kappa shape index (κ3) is 2.37. The Kier molecular flexibility index (Phi) is 3.60. The Balaban J connectivity index is 1.48. The van der Waals surface area contributed by atoms with Crippen LogP contribution in [-0.4, -0.2) is 24.0 Å². The van der Waals surface area contributed by atoms with Gasteiger partial charge in [0, 0.05) is 6.04 Å². The van der Waals surface area contributed by atoms with Gasteiger partial charge in [0.15, 0.2) is 0 Å². The third-order valence-electron chi connectivity index (χ3n) is 6.96. The van der Waals surface area contributed by atoms with Gasteiger partial charge in [-0.15, -0.1) is 0 Å². The third-order valence-corrected chi connectivity index (χ3v) is 6.96. The van der Waals surface area contributed by atoms with Gasteiger partial charge in [0.25, 0.3) is 0 Å². The molecule has 0 amide bonds. The summed E-state index contributed by atoms with van der Waals surface area (Å²) in [6.07, 6.45) is 17.0. The van der Waals surface area contributed by atoms with Crippen molar-refractivity contribution in [2.24, 2.45) is 23.7 Å². The first-order valence-electron chi connectivity index (χ1n) is 9.16. The van der Waals surface area contributed by atoms with Crippen LogP contribution in [0.1, 0.15) is 70.6 Å². The number of rotatable bonds is 1. The molecule has 2 heterocycles. The highest BCUT2D eigenvalue weighted by Gasteiger charge is 2.45. The monoisotopic (exact) mass is 261 g/mol. The molecular formula is C18H31N. The molecule has 2 aliphatic heterocycles. The van der Waals surface area contributed by atoms with Gasteiger partial charge in [-0.3, -0.25) is 4.90 Å². The Hall–Kier alpha value is -0.0400. The van der Waals surface area contributed by atoms with Crippen LogP contribution < -0.4 is 0 Å². The van der Waals surface area contributed by atoms with Crippen LogP contribution in [0.2, 0.25) is 0 Å². The molecule has 1 heteroatoms. The highest BCUT2D eigenvalue weighted by Crippen LogP contribution is 2.49. The van der Waals surface area contributed by atoms with Crippen molar-refractivity contribution >= 4 is 0 Å². The molecule has 0 bridgehead atoms. The molecule has 0 aromatic carbocycles. The Morgan fingerprint density at radius 1 is 0.526 bits per heavy atom. The van der Waals surface area contributed by atoms with E-state index in [9.17, 15) is 0 Å². The van der Waals surface area contributed by atoms with Crippen molar-refractivity contribution in [3.8, 4) is 0 Å².